The van der Waals surface area contributed by atoms with E-state index in [1.165, 1.54) is 32.1 Å². The SMILES string of the molecule is CCCCCCC(C)C(O)C1[B]C1C. The van der Waals surface area contributed by atoms with Crippen molar-refractivity contribution >= 4 is 7.28 Å². The minimum Gasteiger partial charge on any atom is -0.393 e. The first-order valence-electron chi connectivity index (χ1n) is 6.19. The van der Waals surface area contributed by atoms with Gasteiger partial charge in [-0.25, -0.2) is 0 Å². The summed E-state index contributed by atoms with van der Waals surface area (Å²) in [6, 6.07) is 0. The Morgan fingerprint density at radius 2 is 1.93 bits per heavy atom. The Kier molecular flexibility index (Phi) is 5.01. The third kappa shape index (κ3) is 3.64. The van der Waals surface area contributed by atoms with Gasteiger partial charge >= 0.3 is 0 Å². The van der Waals surface area contributed by atoms with Crippen LogP contribution >= 0.6 is 0 Å². The quantitative estimate of drug-likeness (QED) is 0.488. The van der Waals surface area contributed by atoms with Crippen molar-refractivity contribution in [2.24, 2.45) is 5.92 Å². The number of unbranched alkanes of at least 4 members (excludes halogenated alkanes) is 3. The monoisotopic (exact) mass is 195 g/mol. The molecule has 1 aliphatic rings. The highest BCUT2D eigenvalue weighted by atomic mass is 16.3. The summed E-state index contributed by atoms with van der Waals surface area (Å²) >= 11 is 0. The maximum absolute atomic E-state index is 9.95. The van der Waals surface area contributed by atoms with Crippen molar-refractivity contribution in [3.05, 3.63) is 0 Å². The van der Waals surface area contributed by atoms with Crippen molar-refractivity contribution in [1.29, 1.82) is 0 Å². The fraction of sp³-hybridized carbons (Fsp3) is 1.00. The molecule has 2 heteroatoms. The molecule has 0 spiro atoms. The molecule has 14 heavy (non-hydrogen) atoms. The molecule has 1 heterocycles. The highest BCUT2D eigenvalue weighted by molar-refractivity contribution is 6.53. The van der Waals surface area contributed by atoms with Gasteiger partial charge < -0.3 is 5.11 Å². The lowest BCUT2D eigenvalue weighted by Crippen LogP contribution is -2.18. The third-order valence-electron chi connectivity index (χ3n) is 3.48. The van der Waals surface area contributed by atoms with Crippen molar-refractivity contribution in [1.82, 2.24) is 0 Å². The van der Waals surface area contributed by atoms with Gasteiger partial charge in [-0.15, -0.1) is 0 Å². The summed E-state index contributed by atoms with van der Waals surface area (Å²) in [7, 11) is 2.26. The molecular weight excluding hydrogens is 171 g/mol. The van der Waals surface area contributed by atoms with Gasteiger partial charge in [-0.2, -0.15) is 0 Å². The normalized spacial score (nSPS) is 29.4. The summed E-state index contributed by atoms with van der Waals surface area (Å²) in [6.07, 6.45) is 6.37. The van der Waals surface area contributed by atoms with Crippen molar-refractivity contribution in [3.63, 3.8) is 0 Å². The van der Waals surface area contributed by atoms with Crippen molar-refractivity contribution < 1.29 is 5.11 Å². The standard InChI is InChI=1S/C12H24BO/c1-4-5-6-7-8-9(2)12(14)11-10(3)13-11/h9-12,14H,4-8H2,1-3H3. The fourth-order valence-electron chi connectivity index (χ4n) is 2.15. The van der Waals surface area contributed by atoms with E-state index in [-0.39, 0.29) is 6.10 Å². The zero-order valence-corrected chi connectivity index (χ0v) is 9.87. The number of rotatable bonds is 7. The van der Waals surface area contributed by atoms with Crippen LogP contribution in [0.5, 0.6) is 0 Å². The molecule has 1 nitrogen and oxygen atoms in total. The van der Waals surface area contributed by atoms with Crippen LogP contribution < -0.4 is 0 Å². The lowest BCUT2D eigenvalue weighted by atomic mass is 9.88. The molecule has 0 saturated carbocycles. The van der Waals surface area contributed by atoms with Crippen LogP contribution in [0.25, 0.3) is 0 Å². The van der Waals surface area contributed by atoms with Crippen LogP contribution in [-0.2, 0) is 0 Å². The molecule has 1 saturated heterocycles. The molecule has 1 aliphatic heterocycles. The van der Waals surface area contributed by atoms with Crippen LogP contribution in [0.4, 0.5) is 0 Å². The third-order valence-corrected chi connectivity index (χ3v) is 3.48. The van der Waals surface area contributed by atoms with Crippen molar-refractivity contribution in [2.75, 3.05) is 0 Å². The summed E-state index contributed by atoms with van der Waals surface area (Å²) in [6.45, 7) is 6.62. The summed E-state index contributed by atoms with van der Waals surface area (Å²) in [5.41, 5.74) is 0. The molecule has 0 aliphatic carbocycles. The molecule has 0 aromatic rings. The molecule has 4 unspecified atom stereocenters. The highest BCUT2D eigenvalue weighted by Gasteiger charge is 2.41. The average Bonchev–Trinajstić information content (AvgIpc) is 2.88. The van der Waals surface area contributed by atoms with Crippen LogP contribution in [0.1, 0.15) is 52.9 Å². The molecule has 4 atom stereocenters. The molecule has 0 aromatic carbocycles. The lowest BCUT2D eigenvalue weighted by molar-refractivity contribution is 0.112. The van der Waals surface area contributed by atoms with Crippen LogP contribution in [0.2, 0.25) is 11.6 Å². The summed E-state index contributed by atoms with van der Waals surface area (Å²) < 4.78 is 0. The Labute approximate surface area is 89.5 Å². The molecule has 1 radical (unpaired) electrons. The minimum absolute atomic E-state index is 0.0772. The second-order valence-corrected chi connectivity index (χ2v) is 4.95. The van der Waals surface area contributed by atoms with Crippen LogP contribution in [0, 0.1) is 5.92 Å². The predicted octanol–water partition coefficient (Wildman–Crippen LogP) is 3.27. The fourth-order valence-corrected chi connectivity index (χ4v) is 2.15. The first-order valence-corrected chi connectivity index (χ1v) is 6.19. The second kappa shape index (κ2) is 5.80. The molecule has 81 valence electrons. The van der Waals surface area contributed by atoms with Gasteiger partial charge in [-0.3, -0.25) is 0 Å². The van der Waals surface area contributed by atoms with Gasteiger partial charge in [0.05, 0.1) is 6.10 Å². The maximum Gasteiger partial charge on any atom is 0.119 e. The minimum atomic E-state index is -0.0772. The van der Waals surface area contributed by atoms with E-state index in [1.807, 2.05) is 0 Å². The Hall–Kier alpha value is 0.0249. The second-order valence-electron chi connectivity index (χ2n) is 4.95. The number of hydrogen-bond acceptors (Lipinski definition) is 1. The van der Waals surface area contributed by atoms with E-state index >= 15 is 0 Å². The molecule has 1 fully saturated rings. The summed E-state index contributed by atoms with van der Waals surface area (Å²) in [5, 5.41) is 9.95. The van der Waals surface area contributed by atoms with Crippen LogP contribution in [-0.4, -0.2) is 18.5 Å². The Bertz CT molecular complexity index is 160. The Morgan fingerprint density at radius 3 is 2.43 bits per heavy atom. The first kappa shape index (κ1) is 12.1. The first-order chi connectivity index (χ1) is 6.66. The van der Waals surface area contributed by atoms with E-state index in [1.54, 1.807) is 0 Å². The van der Waals surface area contributed by atoms with E-state index in [9.17, 15) is 5.11 Å². The van der Waals surface area contributed by atoms with Gasteiger partial charge in [0.2, 0.25) is 0 Å². The van der Waals surface area contributed by atoms with Crippen molar-refractivity contribution in [3.8, 4) is 0 Å². The summed E-state index contributed by atoms with van der Waals surface area (Å²) in [5.74, 6) is 1.64. The molecule has 0 bridgehead atoms. The van der Waals surface area contributed by atoms with Gasteiger partial charge in [-0.05, 0) is 18.2 Å². The average molecular weight is 195 g/mol. The summed E-state index contributed by atoms with van der Waals surface area (Å²) in [4.78, 5) is 0. The van der Waals surface area contributed by atoms with E-state index in [4.69, 9.17) is 0 Å². The molecule has 0 amide bonds. The molecule has 0 aromatic heterocycles. The van der Waals surface area contributed by atoms with Crippen molar-refractivity contribution in [2.45, 2.75) is 70.6 Å². The van der Waals surface area contributed by atoms with Crippen LogP contribution in [0.3, 0.4) is 0 Å². The largest absolute Gasteiger partial charge is 0.393 e. The molecule has 1 N–H and O–H groups in total. The topological polar surface area (TPSA) is 20.2 Å². The molecule has 1 rings (SSSR count). The zero-order chi connectivity index (χ0) is 10.6. The van der Waals surface area contributed by atoms with Gasteiger partial charge in [-0.1, -0.05) is 52.3 Å². The zero-order valence-electron chi connectivity index (χ0n) is 9.87. The number of aliphatic hydroxyl groups is 1. The van der Waals surface area contributed by atoms with Gasteiger partial charge in [0, 0.05) is 0 Å². The maximum atomic E-state index is 9.95. The Morgan fingerprint density at radius 1 is 1.29 bits per heavy atom. The van der Waals surface area contributed by atoms with Crippen LogP contribution in [0.15, 0.2) is 0 Å². The van der Waals surface area contributed by atoms with Gasteiger partial charge in [0.25, 0.3) is 0 Å². The number of hydrogen-bond donors (Lipinski definition) is 1. The van der Waals surface area contributed by atoms with E-state index < -0.39 is 0 Å². The highest BCUT2D eigenvalue weighted by Crippen LogP contribution is 2.46. The van der Waals surface area contributed by atoms with E-state index in [0.29, 0.717) is 17.6 Å². The lowest BCUT2D eigenvalue weighted by Gasteiger charge is -2.19. The molecular formula is C12H24BO. The van der Waals surface area contributed by atoms with E-state index in [2.05, 4.69) is 28.1 Å². The van der Waals surface area contributed by atoms with Gasteiger partial charge in [0.15, 0.2) is 0 Å². The van der Waals surface area contributed by atoms with Gasteiger partial charge in [0.1, 0.15) is 7.28 Å². The number of aliphatic hydroxyl groups excluding tert-OH is 1. The Balaban J connectivity index is 2.05. The van der Waals surface area contributed by atoms with E-state index in [0.717, 1.165) is 0 Å². The smallest absolute Gasteiger partial charge is 0.119 e. The predicted molar refractivity (Wildman–Crippen MR) is 62.9 cm³/mol.